The zero-order chi connectivity index (χ0) is 10.7. The van der Waals surface area contributed by atoms with Crippen molar-refractivity contribution in [3.63, 3.8) is 0 Å². The Bertz CT molecular complexity index is 312. The van der Waals surface area contributed by atoms with Gasteiger partial charge in [-0.1, -0.05) is 6.07 Å². The van der Waals surface area contributed by atoms with Crippen LogP contribution in [0, 0.1) is 0 Å². The van der Waals surface area contributed by atoms with Crippen molar-refractivity contribution in [3.8, 4) is 5.75 Å². The highest BCUT2D eigenvalue weighted by molar-refractivity contribution is 5.36. The Morgan fingerprint density at radius 1 is 1.43 bits per heavy atom. The van der Waals surface area contributed by atoms with E-state index in [2.05, 4.69) is 0 Å². The second-order valence-corrected chi connectivity index (χ2v) is 3.35. The van der Waals surface area contributed by atoms with Crippen LogP contribution in [0.15, 0.2) is 18.2 Å². The van der Waals surface area contributed by atoms with Crippen LogP contribution >= 0.6 is 0 Å². The maximum Gasteiger partial charge on any atom is 0.121 e. The van der Waals surface area contributed by atoms with Crippen LogP contribution in [-0.2, 0) is 6.61 Å². The first-order valence-electron chi connectivity index (χ1n) is 4.42. The minimum atomic E-state index is -0.777. The average Bonchev–Trinajstić information content (AvgIpc) is 2.17. The Morgan fingerprint density at radius 3 is 2.57 bits per heavy atom. The first-order valence-corrected chi connectivity index (χ1v) is 4.42. The molecule has 1 aromatic carbocycles. The largest absolute Gasteiger partial charge is 0.508 e. The minimum absolute atomic E-state index is 0.0214. The summed E-state index contributed by atoms with van der Waals surface area (Å²) in [6, 6.07) is 4.18. The quantitative estimate of drug-likeness (QED) is 0.560. The number of rotatable bonds is 3. The van der Waals surface area contributed by atoms with E-state index in [0.717, 1.165) is 0 Å². The number of hydrogen-bond donors (Lipinski definition) is 4. The summed E-state index contributed by atoms with van der Waals surface area (Å²) in [7, 11) is 0. The highest BCUT2D eigenvalue weighted by atomic mass is 16.3. The van der Waals surface area contributed by atoms with Crippen LogP contribution in [0.2, 0.25) is 0 Å². The van der Waals surface area contributed by atoms with Gasteiger partial charge in [-0.05, 0) is 24.6 Å². The van der Waals surface area contributed by atoms with Gasteiger partial charge in [0.05, 0.1) is 12.7 Å². The Hall–Kier alpha value is -1.10. The highest BCUT2D eigenvalue weighted by Gasteiger charge is 2.13. The molecule has 0 aromatic heterocycles. The van der Waals surface area contributed by atoms with Crippen LogP contribution in [0.4, 0.5) is 0 Å². The lowest BCUT2D eigenvalue weighted by Crippen LogP contribution is -2.24. The number of nitrogens with two attached hydrogens (primary N) is 1. The Kier molecular flexibility index (Phi) is 3.46. The van der Waals surface area contributed by atoms with Gasteiger partial charge in [-0.2, -0.15) is 0 Å². The summed E-state index contributed by atoms with van der Waals surface area (Å²) in [4.78, 5) is 0. The first-order chi connectivity index (χ1) is 6.56. The van der Waals surface area contributed by atoms with Gasteiger partial charge in [-0.15, -0.1) is 0 Å². The molecule has 1 unspecified atom stereocenters. The number of aliphatic hydroxyl groups is 2. The normalized spacial score (nSPS) is 15.1. The van der Waals surface area contributed by atoms with E-state index >= 15 is 0 Å². The fourth-order valence-electron chi connectivity index (χ4n) is 1.22. The van der Waals surface area contributed by atoms with Gasteiger partial charge < -0.3 is 21.1 Å². The number of hydrogen-bond acceptors (Lipinski definition) is 4. The van der Waals surface area contributed by atoms with Crippen LogP contribution in [0.1, 0.15) is 24.2 Å². The molecular formula is C10H15NO3. The molecule has 4 nitrogen and oxygen atoms in total. The number of aliphatic hydroxyl groups excluding tert-OH is 2. The molecule has 2 atom stereocenters. The van der Waals surface area contributed by atoms with Crippen molar-refractivity contribution in [1.29, 1.82) is 0 Å². The number of aromatic hydroxyl groups is 1. The summed E-state index contributed by atoms with van der Waals surface area (Å²) in [5, 5.41) is 27.8. The molecule has 0 spiro atoms. The summed E-state index contributed by atoms with van der Waals surface area (Å²) in [6.45, 7) is 1.43. The molecule has 0 bridgehead atoms. The second-order valence-electron chi connectivity index (χ2n) is 3.35. The van der Waals surface area contributed by atoms with Crippen molar-refractivity contribution in [2.24, 2.45) is 5.73 Å². The molecule has 0 fully saturated rings. The molecule has 0 amide bonds. The highest BCUT2D eigenvalue weighted by Crippen LogP contribution is 2.23. The van der Waals surface area contributed by atoms with Gasteiger partial charge in [0, 0.05) is 11.6 Å². The van der Waals surface area contributed by atoms with Gasteiger partial charge in [-0.3, -0.25) is 0 Å². The third kappa shape index (κ3) is 2.23. The second kappa shape index (κ2) is 4.41. The van der Waals surface area contributed by atoms with Crippen molar-refractivity contribution in [2.45, 2.75) is 25.7 Å². The summed E-state index contributed by atoms with van der Waals surface area (Å²) in [6.07, 6.45) is -0.777. The van der Waals surface area contributed by atoms with Crippen LogP contribution < -0.4 is 5.73 Å². The molecule has 1 rings (SSSR count). The molecule has 0 aliphatic heterocycles. The minimum Gasteiger partial charge on any atom is -0.508 e. The van der Waals surface area contributed by atoms with Crippen molar-refractivity contribution < 1.29 is 15.3 Å². The van der Waals surface area contributed by atoms with E-state index in [1.165, 1.54) is 6.07 Å². The van der Waals surface area contributed by atoms with Crippen molar-refractivity contribution in [1.82, 2.24) is 0 Å². The lowest BCUT2D eigenvalue weighted by Gasteiger charge is -2.15. The van der Waals surface area contributed by atoms with Crippen LogP contribution in [0.3, 0.4) is 0 Å². The molecule has 0 heterocycles. The summed E-state index contributed by atoms with van der Waals surface area (Å²) in [5.74, 6) is 0.0214. The molecule has 0 saturated carbocycles. The van der Waals surface area contributed by atoms with E-state index in [0.29, 0.717) is 11.1 Å². The fourth-order valence-corrected chi connectivity index (χ4v) is 1.22. The van der Waals surface area contributed by atoms with Gasteiger partial charge in [-0.25, -0.2) is 0 Å². The number of benzene rings is 1. The summed E-state index contributed by atoms with van der Waals surface area (Å²) in [5.41, 5.74) is 6.51. The third-order valence-electron chi connectivity index (χ3n) is 2.11. The predicted molar refractivity (Wildman–Crippen MR) is 52.6 cm³/mol. The SMILES string of the molecule is CC(N)[C@H](O)c1ccc(O)c(CO)c1. The zero-order valence-electron chi connectivity index (χ0n) is 8.01. The molecule has 4 heteroatoms. The summed E-state index contributed by atoms with van der Waals surface area (Å²) >= 11 is 0. The molecule has 0 radical (unpaired) electrons. The number of phenols is 1. The maximum atomic E-state index is 9.62. The molecule has 1 aromatic rings. The molecule has 0 aliphatic rings. The smallest absolute Gasteiger partial charge is 0.121 e. The lowest BCUT2D eigenvalue weighted by molar-refractivity contribution is 0.153. The molecule has 78 valence electrons. The fraction of sp³-hybridized carbons (Fsp3) is 0.400. The van der Waals surface area contributed by atoms with Crippen molar-refractivity contribution in [3.05, 3.63) is 29.3 Å². The van der Waals surface area contributed by atoms with E-state index in [1.807, 2.05) is 0 Å². The first kappa shape index (κ1) is 11.0. The van der Waals surface area contributed by atoms with Crippen LogP contribution in [0.5, 0.6) is 5.75 Å². The van der Waals surface area contributed by atoms with Crippen molar-refractivity contribution >= 4 is 0 Å². The standard InChI is InChI=1S/C10H15NO3/c1-6(11)10(14)7-2-3-9(13)8(4-7)5-12/h2-4,6,10,12-14H,5,11H2,1H3/t6?,10-/m0/s1. The van der Waals surface area contributed by atoms with Gasteiger partial charge >= 0.3 is 0 Å². The monoisotopic (exact) mass is 197 g/mol. The topological polar surface area (TPSA) is 86.7 Å². The maximum absolute atomic E-state index is 9.62. The van der Waals surface area contributed by atoms with E-state index < -0.39 is 6.10 Å². The van der Waals surface area contributed by atoms with Gasteiger partial charge in [0.25, 0.3) is 0 Å². The Labute approximate surface area is 82.6 Å². The summed E-state index contributed by atoms with van der Waals surface area (Å²) < 4.78 is 0. The molecule has 5 N–H and O–H groups in total. The van der Waals surface area contributed by atoms with Gasteiger partial charge in [0.1, 0.15) is 5.75 Å². The van der Waals surface area contributed by atoms with Crippen LogP contribution in [0.25, 0.3) is 0 Å². The molecule has 14 heavy (non-hydrogen) atoms. The van der Waals surface area contributed by atoms with E-state index in [-0.39, 0.29) is 18.4 Å². The predicted octanol–water partition coefficient (Wildman–Crippen LogP) is 0.265. The van der Waals surface area contributed by atoms with E-state index in [4.69, 9.17) is 10.8 Å². The Balaban J connectivity index is 3.00. The Morgan fingerprint density at radius 2 is 2.07 bits per heavy atom. The van der Waals surface area contributed by atoms with Crippen LogP contribution in [-0.4, -0.2) is 21.4 Å². The average molecular weight is 197 g/mol. The van der Waals surface area contributed by atoms with Gasteiger partial charge in [0.2, 0.25) is 0 Å². The van der Waals surface area contributed by atoms with Gasteiger partial charge in [0.15, 0.2) is 0 Å². The van der Waals surface area contributed by atoms with E-state index in [1.54, 1.807) is 19.1 Å². The zero-order valence-corrected chi connectivity index (χ0v) is 8.01. The van der Waals surface area contributed by atoms with E-state index in [9.17, 15) is 10.2 Å². The van der Waals surface area contributed by atoms with Crippen molar-refractivity contribution in [2.75, 3.05) is 0 Å². The molecular weight excluding hydrogens is 182 g/mol. The lowest BCUT2D eigenvalue weighted by atomic mass is 10.0. The third-order valence-corrected chi connectivity index (χ3v) is 2.11. The molecule has 0 saturated heterocycles. The molecule has 0 aliphatic carbocycles.